The van der Waals surface area contributed by atoms with E-state index < -0.39 is 5.54 Å². The van der Waals surface area contributed by atoms with Crippen molar-refractivity contribution in [2.75, 3.05) is 6.54 Å². The lowest BCUT2D eigenvalue weighted by atomic mass is 9.76. The van der Waals surface area contributed by atoms with Gasteiger partial charge in [0.05, 0.1) is 5.54 Å². The van der Waals surface area contributed by atoms with Crippen LogP contribution in [0.25, 0.3) is 0 Å². The van der Waals surface area contributed by atoms with Crippen LogP contribution in [0.5, 0.6) is 0 Å². The number of hydrogen-bond acceptors (Lipinski definition) is 2. The van der Waals surface area contributed by atoms with E-state index in [1.807, 2.05) is 36.1 Å². The number of rotatable bonds is 4. The molecule has 0 aliphatic heterocycles. The highest BCUT2D eigenvalue weighted by molar-refractivity contribution is 6.31. The number of likely N-dealkylation sites (N-methyl/N-ethyl adjacent to an activating group) is 1. The van der Waals surface area contributed by atoms with Gasteiger partial charge in [-0.25, -0.2) is 0 Å². The Kier molecular flexibility index (Phi) is 5.28. The second-order valence-electron chi connectivity index (χ2n) is 6.27. The molecule has 3 nitrogen and oxygen atoms in total. The van der Waals surface area contributed by atoms with E-state index in [-0.39, 0.29) is 5.91 Å². The molecule has 2 unspecified atom stereocenters. The van der Waals surface area contributed by atoms with Crippen LogP contribution in [0.15, 0.2) is 24.3 Å². The van der Waals surface area contributed by atoms with Gasteiger partial charge in [-0.1, -0.05) is 49.6 Å². The van der Waals surface area contributed by atoms with Crippen molar-refractivity contribution in [3.05, 3.63) is 34.9 Å². The monoisotopic (exact) mass is 308 g/mol. The summed E-state index contributed by atoms with van der Waals surface area (Å²) >= 11 is 6.20. The number of nitrogens with zero attached hydrogens (tertiary/aromatic N) is 1. The Morgan fingerprint density at radius 2 is 2.19 bits per heavy atom. The Labute approximate surface area is 132 Å². The molecule has 116 valence electrons. The van der Waals surface area contributed by atoms with E-state index in [0.717, 1.165) is 24.8 Å². The lowest BCUT2D eigenvalue weighted by molar-refractivity contribution is -0.139. The molecule has 0 saturated heterocycles. The van der Waals surface area contributed by atoms with Crippen molar-refractivity contribution >= 4 is 17.5 Å². The van der Waals surface area contributed by atoms with Crippen LogP contribution in [0.4, 0.5) is 0 Å². The summed E-state index contributed by atoms with van der Waals surface area (Å²) in [6.07, 6.45) is 3.77. The minimum Gasteiger partial charge on any atom is -0.337 e. The van der Waals surface area contributed by atoms with Crippen molar-refractivity contribution in [1.29, 1.82) is 0 Å². The first-order valence-electron chi connectivity index (χ1n) is 7.78. The number of benzene rings is 1. The summed E-state index contributed by atoms with van der Waals surface area (Å²) in [5.74, 6) is 0.586. The van der Waals surface area contributed by atoms with Crippen LogP contribution in [-0.4, -0.2) is 22.9 Å². The van der Waals surface area contributed by atoms with Gasteiger partial charge in [-0.3, -0.25) is 4.79 Å². The normalized spacial score (nSPS) is 25.6. The number of hydrogen-bond donors (Lipinski definition) is 1. The highest BCUT2D eigenvalue weighted by Crippen LogP contribution is 2.32. The summed E-state index contributed by atoms with van der Waals surface area (Å²) in [6.45, 7) is 5.35. The summed E-state index contributed by atoms with van der Waals surface area (Å²) in [7, 11) is 0. The summed E-state index contributed by atoms with van der Waals surface area (Å²) < 4.78 is 0. The molecule has 1 fully saturated rings. The fourth-order valence-electron chi connectivity index (χ4n) is 3.26. The Bertz CT molecular complexity index is 505. The molecule has 0 bridgehead atoms. The third-order valence-electron chi connectivity index (χ3n) is 4.45. The fraction of sp³-hybridized carbons (Fsp3) is 0.588. The highest BCUT2D eigenvalue weighted by Gasteiger charge is 2.40. The van der Waals surface area contributed by atoms with Crippen molar-refractivity contribution in [3.63, 3.8) is 0 Å². The molecule has 0 spiro atoms. The average molecular weight is 309 g/mol. The Morgan fingerprint density at radius 1 is 1.48 bits per heavy atom. The van der Waals surface area contributed by atoms with Crippen LogP contribution in [0, 0.1) is 5.92 Å². The van der Waals surface area contributed by atoms with Gasteiger partial charge in [0.25, 0.3) is 0 Å². The molecule has 4 heteroatoms. The number of carbonyl (C=O) groups is 1. The zero-order valence-electron chi connectivity index (χ0n) is 12.9. The van der Waals surface area contributed by atoms with E-state index in [4.69, 9.17) is 17.3 Å². The quantitative estimate of drug-likeness (QED) is 0.924. The predicted molar refractivity (Wildman–Crippen MR) is 87.1 cm³/mol. The summed E-state index contributed by atoms with van der Waals surface area (Å²) in [5, 5.41) is 0.701. The maximum absolute atomic E-state index is 12.9. The fourth-order valence-corrected chi connectivity index (χ4v) is 3.46. The number of halogens is 1. The second kappa shape index (κ2) is 6.80. The first kappa shape index (κ1) is 16.3. The van der Waals surface area contributed by atoms with E-state index in [1.165, 1.54) is 6.42 Å². The van der Waals surface area contributed by atoms with Crippen molar-refractivity contribution in [3.8, 4) is 0 Å². The molecule has 1 aliphatic rings. The van der Waals surface area contributed by atoms with Crippen molar-refractivity contribution in [1.82, 2.24) is 4.90 Å². The molecule has 0 aromatic heterocycles. The Morgan fingerprint density at radius 3 is 2.81 bits per heavy atom. The molecule has 21 heavy (non-hydrogen) atoms. The van der Waals surface area contributed by atoms with Crippen molar-refractivity contribution < 1.29 is 4.79 Å². The standard InChI is InChI=1S/C17H25ClN2O/c1-3-20(12-14-8-4-5-9-15(14)18)16(21)17(19)10-6-7-13(2)11-17/h4-5,8-9,13H,3,6-7,10-12,19H2,1-2H3. The van der Waals surface area contributed by atoms with Crippen LogP contribution < -0.4 is 5.73 Å². The van der Waals surface area contributed by atoms with E-state index in [1.54, 1.807) is 0 Å². The van der Waals surface area contributed by atoms with Crippen molar-refractivity contribution in [2.24, 2.45) is 11.7 Å². The van der Waals surface area contributed by atoms with E-state index in [2.05, 4.69) is 6.92 Å². The third-order valence-corrected chi connectivity index (χ3v) is 4.82. The van der Waals surface area contributed by atoms with Gasteiger partial charge >= 0.3 is 0 Å². The minimum atomic E-state index is -0.699. The van der Waals surface area contributed by atoms with Crippen LogP contribution >= 0.6 is 11.6 Å². The molecule has 1 aromatic rings. The first-order chi connectivity index (χ1) is 9.96. The molecule has 0 heterocycles. The summed E-state index contributed by atoms with van der Waals surface area (Å²) in [5.41, 5.74) is 6.71. The molecule has 2 rings (SSSR count). The molecule has 1 amide bonds. The van der Waals surface area contributed by atoms with Crippen LogP contribution in [0.1, 0.15) is 45.1 Å². The van der Waals surface area contributed by atoms with Gasteiger partial charge in [0, 0.05) is 18.1 Å². The SMILES string of the molecule is CCN(Cc1ccccc1Cl)C(=O)C1(N)CCCC(C)C1. The van der Waals surface area contributed by atoms with Gasteiger partial charge in [0.2, 0.25) is 5.91 Å². The van der Waals surface area contributed by atoms with E-state index in [9.17, 15) is 4.79 Å². The van der Waals surface area contributed by atoms with Crippen LogP contribution in [-0.2, 0) is 11.3 Å². The average Bonchev–Trinajstić information content (AvgIpc) is 2.45. The number of amides is 1. The zero-order chi connectivity index (χ0) is 15.5. The first-order valence-corrected chi connectivity index (χ1v) is 8.15. The van der Waals surface area contributed by atoms with E-state index in [0.29, 0.717) is 24.0 Å². The molecule has 0 radical (unpaired) electrons. The van der Waals surface area contributed by atoms with E-state index >= 15 is 0 Å². The minimum absolute atomic E-state index is 0.0662. The lowest BCUT2D eigenvalue weighted by Crippen LogP contribution is -2.57. The van der Waals surface area contributed by atoms with Gasteiger partial charge in [0.15, 0.2) is 0 Å². The van der Waals surface area contributed by atoms with Gasteiger partial charge in [-0.05, 0) is 37.3 Å². The molecule has 1 aliphatic carbocycles. The Hall–Kier alpha value is -1.06. The molecular weight excluding hydrogens is 284 g/mol. The predicted octanol–water partition coefficient (Wildman–Crippen LogP) is 3.60. The van der Waals surface area contributed by atoms with Crippen LogP contribution in [0.2, 0.25) is 5.02 Å². The highest BCUT2D eigenvalue weighted by atomic mass is 35.5. The summed E-state index contributed by atoms with van der Waals surface area (Å²) in [6, 6.07) is 7.67. The third kappa shape index (κ3) is 3.78. The topological polar surface area (TPSA) is 46.3 Å². The maximum atomic E-state index is 12.9. The molecule has 1 aromatic carbocycles. The maximum Gasteiger partial charge on any atom is 0.242 e. The largest absolute Gasteiger partial charge is 0.337 e. The van der Waals surface area contributed by atoms with Crippen LogP contribution in [0.3, 0.4) is 0 Å². The molecule has 1 saturated carbocycles. The summed E-state index contributed by atoms with van der Waals surface area (Å²) in [4.78, 5) is 14.7. The number of nitrogens with two attached hydrogens (primary N) is 1. The molecule has 2 atom stereocenters. The second-order valence-corrected chi connectivity index (χ2v) is 6.68. The molecular formula is C17H25ClN2O. The van der Waals surface area contributed by atoms with Gasteiger partial charge in [0.1, 0.15) is 0 Å². The van der Waals surface area contributed by atoms with Crippen molar-refractivity contribution in [2.45, 2.75) is 51.6 Å². The zero-order valence-corrected chi connectivity index (χ0v) is 13.7. The van der Waals surface area contributed by atoms with Gasteiger partial charge in [-0.2, -0.15) is 0 Å². The molecule has 2 N–H and O–H groups in total. The van der Waals surface area contributed by atoms with Gasteiger partial charge < -0.3 is 10.6 Å². The lowest BCUT2D eigenvalue weighted by Gasteiger charge is -2.39. The Balaban J connectivity index is 2.13. The van der Waals surface area contributed by atoms with Gasteiger partial charge in [-0.15, -0.1) is 0 Å². The number of carbonyl (C=O) groups excluding carboxylic acids is 1. The smallest absolute Gasteiger partial charge is 0.242 e.